The number of aliphatic carboxylic acids is 1. The summed E-state index contributed by atoms with van der Waals surface area (Å²) in [6.07, 6.45) is -1.78. The quantitative estimate of drug-likeness (QED) is 0.631. The second-order valence-corrected chi connectivity index (χ2v) is 3.33. The highest BCUT2D eigenvalue weighted by molar-refractivity contribution is 5.92. The normalized spacial score (nSPS) is 11.6. The second kappa shape index (κ2) is 5.78. The summed E-state index contributed by atoms with van der Waals surface area (Å²) in [7, 11) is 0. The van der Waals surface area contributed by atoms with Crippen molar-refractivity contribution in [1.82, 2.24) is 0 Å². The Morgan fingerprint density at radius 1 is 1.06 bits per heavy atom. The number of ether oxygens (including phenoxy) is 1. The third-order valence-electron chi connectivity index (χ3n) is 2.02. The molecular formula is C11H10O7. The predicted octanol–water partition coefficient (Wildman–Crippen LogP) is -0.0129. The minimum absolute atomic E-state index is 0.0112. The summed E-state index contributed by atoms with van der Waals surface area (Å²) in [6, 6.07) is 4.90. The summed E-state index contributed by atoms with van der Waals surface area (Å²) in [5, 5.41) is 25.9. The van der Waals surface area contributed by atoms with E-state index in [1.807, 2.05) is 0 Å². The minimum atomic E-state index is -1.78. The fraction of sp³-hybridized carbons (Fsp3) is 0.182. The molecule has 0 saturated heterocycles. The molecule has 0 spiro atoms. The van der Waals surface area contributed by atoms with Crippen molar-refractivity contribution in [1.29, 1.82) is 0 Å². The van der Waals surface area contributed by atoms with E-state index in [9.17, 15) is 14.4 Å². The van der Waals surface area contributed by atoms with E-state index in [0.29, 0.717) is 0 Å². The zero-order valence-corrected chi connectivity index (χ0v) is 9.07. The molecule has 0 amide bonds. The van der Waals surface area contributed by atoms with Gasteiger partial charge in [-0.1, -0.05) is 0 Å². The molecule has 18 heavy (non-hydrogen) atoms. The first kappa shape index (κ1) is 13.7. The van der Waals surface area contributed by atoms with Gasteiger partial charge in [-0.3, -0.25) is 0 Å². The molecule has 0 fully saturated rings. The van der Waals surface area contributed by atoms with E-state index in [4.69, 9.17) is 15.3 Å². The highest BCUT2D eigenvalue weighted by Gasteiger charge is 2.16. The molecule has 0 radical (unpaired) electrons. The number of esters is 1. The van der Waals surface area contributed by atoms with Crippen LogP contribution >= 0.6 is 0 Å². The minimum Gasteiger partial charge on any atom is -0.479 e. The van der Waals surface area contributed by atoms with Crippen molar-refractivity contribution >= 4 is 17.9 Å². The van der Waals surface area contributed by atoms with Crippen LogP contribution in [0, 0.1) is 0 Å². The molecule has 0 bridgehead atoms. The van der Waals surface area contributed by atoms with Gasteiger partial charge in [-0.25, -0.2) is 14.4 Å². The Bertz CT molecular complexity index is 463. The average molecular weight is 254 g/mol. The maximum absolute atomic E-state index is 11.4. The third-order valence-corrected chi connectivity index (χ3v) is 2.02. The standard InChI is InChI=1S/C11H10O7/c12-8(10(15)16)5-18-11(17)7-3-1-6(2-4-7)9(13)14/h1-4,8,12H,5H2,(H,13,14)(H,15,16). The summed E-state index contributed by atoms with van der Waals surface area (Å²) in [6.45, 7) is -0.672. The summed E-state index contributed by atoms with van der Waals surface area (Å²) < 4.78 is 4.53. The lowest BCUT2D eigenvalue weighted by molar-refractivity contribution is -0.148. The summed E-state index contributed by atoms with van der Waals surface area (Å²) in [4.78, 5) is 32.2. The topological polar surface area (TPSA) is 121 Å². The van der Waals surface area contributed by atoms with Gasteiger partial charge >= 0.3 is 17.9 Å². The van der Waals surface area contributed by atoms with E-state index in [0.717, 1.165) is 0 Å². The van der Waals surface area contributed by atoms with E-state index < -0.39 is 30.6 Å². The van der Waals surface area contributed by atoms with Crippen molar-refractivity contribution in [2.75, 3.05) is 6.61 Å². The summed E-state index contributed by atoms with van der Waals surface area (Å²) in [5.74, 6) is -3.47. The van der Waals surface area contributed by atoms with Crippen LogP contribution in [0.25, 0.3) is 0 Å². The van der Waals surface area contributed by atoms with Crippen molar-refractivity contribution < 1.29 is 34.4 Å². The van der Waals surface area contributed by atoms with E-state index in [-0.39, 0.29) is 11.1 Å². The molecule has 0 heterocycles. The van der Waals surface area contributed by atoms with Gasteiger partial charge in [0.2, 0.25) is 0 Å². The maximum Gasteiger partial charge on any atom is 0.338 e. The first-order valence-electron chi connectivity index (χ1n) is 4.83. The van der Waals surface area contributed by atoms with E-state index >= 15 is 0 Å². The second-order valence-electron chi connectivity index (χ2n) is 3.33. The molecule has 0 aliphatic rings. The molecular weight excluding hydrogens is 244 g/mol. The van der Waals surface area contributed by atoms with Crippen LogP contribution in [0.2, 0.25) is 0 Å². The van der Waals surface area contributed by atoms with Gasteiger partial charge in [0.05, 0.1) is 11.1 Å². The van der Waals surface area contributed by atoms with Gasteiger partial charge in [-0.05, 0) is 24.3 Å². The zero-order chi connectivity index (χ0) is 13.7. The Labute approximate surface area is 101 Å². The monoisotopic (exact) mass is 254 g/mol. The molecule has 1 unspecified atom stereocenters. The van der Waals surface area contributed by atoms with Crippen molar-refractivity contribution in [2.45, 2.75) is 6.10 Å². The third kappa shape index (κ3) is 3.56. The number of aliphatic hydroxyl groups is 1. The number of hydrogen-bond donors (Lipinski definition) is 3. The van der Waals surface area contributed by atoms with Crippen LogP contribution in [0.3, 0.4) is 0 Å². The maximum atomic E-state index is 11.4. The summed E-state index contributed by atoms with van der Waals surface area (Å²) >= 11 is 0. The summed E-state index contributed by atoms with van der Waals surface area (Å²) in [5.41, 5.74) is 0.0784. The van der Waals surface area contributed by atoms with Crippen molar-refractivity contribution in [3.63, 3.8) is 0 Å². The van der Waals surface area contributed by atoms with Crippen LogP contribution in [0.15, 0.2) is 24.3 Å². The highest BCUT2D eigenvalue weighted by atomic mass is 16.5. The number of carboxylic acids is 2. The SMILES string of the molecule is O=C(O)c1ccc(C(=O)OCC(O)C(=O)O)cc1. The molecule has 3 N–H and O–H groups in total. The predicted molar refractivity (Wildman–Crippen MR) is 57.3 cm³/mol. The number of carboxylic acid groups (broad SMARTS) is 2. The number of rotatable bonds is 5. The number of aliphatic hydroxyl groups excluding tert-OH is 1. The Morgan fingerprint density at radius 3 is 2.00 bits per heavy atom. The van der Waals surface area contributed by atoms with Crippen molar-refractivity contribution in [2.24, 2.45) is 0 Å². The zero-order valence-electron chi connectivity index (χ0n) is 9.07. The van der Waals surface area contributed by atoms with Gasteiger partial charge in [-0.2, -0.15) is 0 Å². The Morgan fingerprint density at radius 2 is 1.56 bits per heavy atom. The Kier molecular flexibility index (Phi) is 4.39. The molecule has 1 aromatic carbocycles. The first-order valence-corrected chi connectivity index (χ1v) is 4.83. The average Bonchev–Trinajstić information content (AvgIpc) is 2.35. The van der Waals surface area contributed by atoms with Gasteiger partial charge in [0.15, 0.2) is 6.10 Å². The van der Waals surface area contributed by atoms with Crippen LogP contribution in [-0.4, -0.2) is 45.9 Å². The van der Waals surface area contributed by atoms with Gasteiger partial charge in [0.25, 0.3) is 0 Å². The van der Waals surface area contributed by atoms with Gasteiger partial charge in [-0.15, -0.1) is 0 Å². The van der Waals surface area contributed by atoms with Gasteiger partial charge in [0.1, 0.15) is 6.61 Å². The molecule has 1 aromatic rings. The molecule has 96 valence electrons. The molecule has 0 aromatic heterocycles. The van der Waals surface area contributed by atoms with Gasteiger partial charge in [0, 0.05) is 0 Å². The smallest absolute Gasteiger partial charge is 0.338 e. The fourth-order valence-electron chi connectivity index (χ4n) is 1.06. The molecule has 1 atom stereocenters. The van der Waals surface area contributed by atoms with Crippen LogP contribution in [0.5, 0.6) is 0 Å². The number of carbonyl (C=O) groups excluding carboxylic acids is 1. The fourth-order valence-corrected chi connectivity index (χ4v) is 1.06. The number of aromatic carboxylic acids is 1. The van der Waals surface area contributed by atoms with Gasteiger partial charge < -0.3 is 20.1 Å². The molecule has 7 nitrogen and oxygen atoms in total. The first-order chi connectivity index (χ1) is 8.41. The van der Waals surface area contributed by atoms with E-state index in [2.05, 4.69) is 4.74 Å². The van der Waals surface area contributed by atoms with Crippen LogP contribution in [0.4, 0.5) is 0 Å². The highest BCUT2D eigenvalue weighted by Crippen LogP contribution is 2.06. The lowest BCUT2D eigenvalue weighted by atomic mass is 10.1. The molecule has 0 saturated carbocycles. The van der Waals surface area contributed by atoms with Crippen molar-refractivity contribution in [3.8, 4) is 0 Å². The molecule has 0 aliphatic carbocycles. The number of hydrogen-bond acceptors (Lipinski definition) is 5. The van der Waals surface area contributed by atoms with Crippen LogP contribution < -0.4 is 0 Å². The Hall–Kier alpha value is -2.41. The largest absolute Gasteiger partial charge is 0.479 e. The van der Waals surface area contributed by atoms with E-state index in [1.165, 1.54) is 24.3 Å². The number of carbonyl (C=O) groups is 3. The van der Waals surface area contributed by atoms with Crippen LogP contribution in [-0.2, 0) is 9.53 Å². The molecule has 7 heteroatoms. The lowest BCUT2D eigenvalue weighted by Crippen LogP contribution is -2.26. The Balaban J connectivity index is 2.62. The molecule has 1 rings (SSSR count). The molecule has 0 aliphatic heterocycles. The van der Waals surface area contributed by atoms with E-state index in [1.54, 1.807) is 0 Å². The van der Waals surface area contributed by atoms with Crippen LogP contribution in [0.1, 0.15) is 20.7 Å². The van der Waals surface area contributed by atoms with Crippen molar-refractivity contribution in [3.05, 3.63) is 35.4 Å². The lowest BCUT2D eigenvalue weighted by Gasteiger charge is -2.07. The number of benzene rings is 1.